The predicted octanol–water partition coefficient (Wildman–Crippen LogP) is 0.697. The molecule has 1 fully saturated rings. The van der Waals surface area contributed by atoms with Crippen molar-refractivity contribution in [3.05, 3.63) is 16.9 Å². The summed E-state index contributed by atoms with van der Waals surface area (Å²) in [7, 11) is 4.33. The number of nitrogens with one attached hydrogen (secondary N) is 1. The summed E-state index contributed by atoms with van der Waals surface area (Å²) < 4.78 is 1.92. The summed E-state index contributed by atoms with van der Waals surface area (Å²) in [4.78, 5) is 4.75. The van der Waals surface area contributed by atoms with Crippen LogP contribution in [0.25, 0.3) is 0 Å². The molecule has 0 bridgehead atoms. The number of aryl methyl sites for hydroxylation is 1. The Morgan fingerprint density at radius 3 is 2.90 bits per heavy atom. The van der Waals surface area contributed by atoms with Crippen LogP contribution in [-0.4, -0.2) is 59.4 Å². The molecule has 2 atom stereocenters. The molecule has 0 spiro atoms. The van der Waals surface area contributed by atoms with E-state index in [-0.39, 0.29) is 6.04 Å². The van der Waals surface area contributed by atoms with E-state index in [1.165, 1.54) is 0 Å². The fourth-order valence-corrected chi connectivity index (χ4v) is 3.13. The number of hydrazine groups is 1. The van der Waals surface area contributed by atoms with E-state index in [2.05, 4.69) is 41.3 Å². The maximum absolute atomic E-state index is 6.28. The third-order valence-electron chi connectivity index (χ3n) is 4.15. The third kappa shape index (κ3) is 3.32. The number of hydrogen-bond acceptors (Lipinski definition) is 5. The number of aromatic nitrogens is 2. The van der Waals surface area contributed by atoms with Crippen molar-refractivity contribution in [2.75, 3.05) is 33.7 Å². The Hall–Kier alpha value is -0.660. The van der Waals surface area contributed by atoms with Crippen molar-refractivity contribution in [3.63, 3.8) is 0 Å². The van der Waals surface area contributed by atoms with Crippen molar-refractivity contribution < 1.29 is 0 Å². The van der Waals surface area contributed by atoms with Crippen molar-refractivity contribution in [3.8, 4) is 0 Å². The minimum atomic E-state index is 0.0175. The molecule has 0 aliphatic carbocycles. The molecule has 2 rings (SSSR count). The maximum atomic E-state index is 6.28. The standard InChI is InChI=1S/C13H25ClN6/c1-4-20-13(11(14)8-16-20)12(17-15)7-10-9-18(2)5-6-19(10)3/h8,10,12,17H,4-7,9,15H2,1-3H3. The number of piperazine rings is 1. The Balaban J connectivity index is 2.14. The predicted molar refractivity (Wildman–Crippen MR) is 81.5 cm³/mol. The third-order valence-corrected chi connectivity index (χ3v) is 4.44. The second-order valence-corrected chi connectivity index (χ2v) is 5.95. The quantitative estimate of drug-likeness (QED) is 0.619. The summed E-state index contributed by atoms with van der Waals surface area (Å²) in [6.45, 7) is 6.09. The lowest BCUT2D eigenvalue weighted by Crippen LogP contribution is -2.51. The number of nitrogens with zero attached hydrogens (tertiary/aromatic N) is 4. The molecule has 1 aliphatic rings. The monoisotopic (exact) mass is 300 g/mol. The van der Waals surface area contributed by atoms with Gasteiger partial charge in [-0.3, -0.25) is 16.0 Å². The topological polar surface area (TPSA) is 62.4 Å². The first-order valence-corrected chi connectivity index (χ1v) is 7.50. The van der Waals surface area contributed by atoms with Crippen molar-refractivity contribution in [2.45, 2.75) is 32.0 Å². The van der Waals surface area contributed by atoms with Crippen LogP contribution in [0.2, 0.25) is 5.02 Å². The molecule has 2 unspecified atom stereocenters. The molecular formula is C13H25ClN6. The molecule has 1 saturated heterocycles. The summed E-state index contributed by atoms with van der Waals surface area (Å²) >= 11 is 6.28. The Morgan fingerprint density at radius 2 is 2.25 bits per heavy atom. The van der Waals surface area contributed by atoms with Gasteiger partial charge in [-0.1, -0.05) is 11.6 Å². The number of hydrogen-bond donors (Lipinski definition) is 2. The Morgan fingerprint density at radius 1 is 1.50 bits per heavy atom. The zero-order valence-electron chi connectivity index (χ0n) is 12.5. The zero-order valence-corrected chi connectivity index (χ0v) is 13.3. The number of likely N-dealkylation sites (N-methyl/N-ethyl adjacent to an activating group) is 2. The minimum absolute atomic E-state index is 0.0175. The van der Waals surface area contributed by atoms with Gasteiger partial charge in [0.1, 0.15) is 0 Å². The summed E-state index contributed by atoms with van der Waals surface area (Å²) in [6.07, 6.45) is 2.62. The van der Waals surface area contributed by atoms with Crippen LogP contribution in [0.15, 0.2) is 6.20 Å². The van der Waals surface area contributed by atoms with Crippen LogP contribution in [0.4, 0.5) is 0 Å². The number of rotatable bonds is 5. The first kappa shape index (κ1) is 15.7. The molecule has 0 amide bonds. The van der Waals surface area contributed by atoms with Gasteiger partial charge in [-0.05, 0) is 27.4 Å². The van der Waals surface area contributed by atoms with Crippen LogP contribution >= 0.6 is 11.6 Å². The Labute approximate surface area is 125 Å². The average Bonchev–Trinajstić information content (AvgIpc) is 2.81. The first-order valence-electron chi connectivity index (χ1n) is 7.12. The molecule has 20 heavy (non-hydrogen) atoms. The van der Waals surface area contributed by atoms with E-state index in [0.717, 1.165) is 38.3 Å². The lowest BCUT2D eigenvalue weighted by atomic mass is 10.0. The van der Waals surface area contributed by atoms with E-state index in [0.29, 0.717) is 11.1 Å². The summed E-state index contributed by atoms with van der Waals surface area (Å²) in [5, 5.41) is 4.98. The van der Waals surface area contributed by atoms with Gasteiger partial charge < -0.3 is 9.80 Å². The Bertz CT molecular complexity index is 434. The van der Waals surface area contributed by atoms with E-state index in [1.54, 1.807) is 6.20 Å². The van der Waals surface area contributed by atoms with Crippen molar-refractivity contribution in [1.82, 2.24) is 25.0 Å². The Kier molecular flexibility index (Phi) is 5.40. The normalized spacial score (nSPS) is 23.1. The largest absolute Gasteiger partial charge is 0.304 e. The first-order chi connectivity index (χ1) is 9.56. The van der Waals surface area contributed by atoms with Gasteiger partial charge >= 0.3 is 0 Å². The van der Waals surface area contributed by atoms with Crippen molar-refractivity contribution >= 4 is 11.6 Å². The molecule has 0 saturated carbocycles. The SMILES string of the molecule is CCn1ncc(Cl)c1C(CC1CN(C)CCN1C)NN. The molecule has 3 N–H and O–H groups in total. The highest BCUT2D eigenvalue weighted by Gasteiger charge is 2.28. The lowest BCUT2D eigenvalue weighted by molar-refractivity contribution is 0.100. The van der Waals surface area contributed by atoms with Crippen LogP contribution in [0, 0.1) is 0 Å². The molecule has 1 aliphatic heterocycles. The number of halogens is 1. The van der Waals surface area contributed by atoms with Gasteiger partial charge in [0.2, 0.25) is 0 Å². The molecule has 6 nitrogen and oxygen atoms in total. The zero-order chi connectivity index (χ0) is 14.7. The molecule has 0 radical (unpaired) electrons. The highest BCUT2D eigenvalue weighted by molar-refractivity contribution is 6.31. The highest BCUT2D eigenvalue weighted by atomic mass is 35.5. The number of nitrogens with two attached hydrogens (primary N) is 1. The molecule has 0 aromatic carbocycles. The second kappa shape index (κ2) is 6.87. The van der Waals surface area contributed by atoms with Crippen LogP contribution in [0.3, 0.4) is 0 Å². The summed E-state index contributed by atoms with van der Waals surface area (Å²) in [6, 6.07) is 0.481. The van der Waals surface area contributed by atoms with Crippen LogP contribution in [0.1, 0.15) is 25.1 Å². The fourth-order valence-electron chi connectivity index (χ4n) is 2.86. The molecule has 2 heterocycles. The molecular weight excluding hydrogens is 276 g/mol. The lowest BCUT2D eigenvalue weighted by Gasteiger charge is -2.39. The summed E-state index contributed by atoms with van der Waals surface area (Å²) in [5.41, 5.74) is 3.90. The van der Waals surface area contributed by atoms with E-state index < -0.39 is 0 Å². The van der Waals surface area contributed by atoms with Crippen molar-refractivity contribution in [2.24, 2.45) is 5.84 Å². The van der Waals surface area contributed by atoms with Crippen LogP contribution < -0.4 is 11.3 Å². The molecule has 1 aromatic heterocycles. The van der Waals surface area contributed by atoms with Gasteiger partial charge in [0.25, 0.3) is 0 Å². The van der Waals surface area contributed by atoms with E-state index in [1.807, 2.05) is 4.68 Å². The van der Waals surface area contributed by atoms with E-state index in [4.69, 9.17) is 17.4 Å². The second-order valence-electron chi connectivity index (χ2n) is 5.55. The van der Waals surface area contributed by atoms with Gasteiger partial charge in [-0.25, -0.2) is 0 Å². The van der Waals surface area contributed by atoms with Crippen LogP contribution in [-0.2, 0) is 6.54 Å². The van der Waals surface area contributed by atoms with Gasteiger partial charge in [0, 0.05) is 32.2 Å². The average molecular weight is 301 g/mol. The molecule has 1 aromatic rings. The summed E-state index contributed by atoms with van der Waals surface area (Å²) in [5.74, 6) is 5.77. The van der Waals surface area contributed by atoms with Gasteiger partial charge in [0.05, 0.1) is 23.0 Å². The van der Waals surface area contributed by atoms with Crippen LogP contribution in [0.5, 0.6) is 0 Å². The minimum Gasteiger partial charge on any atom is -0.304 e. The maximum Gasteiger partial charge on any atom is 0.0834 e. The van der Waals surface area contributed by atoms with Crippen molar-refractivity contribution in [1.29, 1.82) is 0 Å². The van der Waals surface area contributed by atoms with Gasteiger partial charge in [0.15, 0.2) is 0 Å². The van der Waals surface area contributed by atoms with E-state index in [9.17, 15) is 0 Å². The van der Waals surface area contributed by atoms with Gasteiger partial charge in [-0.2, -0.15) is 5.10 Å². The smallest absolute Gasteiger partial charge is 0.0834 e. The van der Waals surface area contributed by atoms with Gasteiger partial charge in [-0.15, -0.1) is 0 Å². The fraction of sp³-hybridized carbons (Fsp3) is 0.769. The highest BCUT2D eigenvalue weighted by Crippen LogP contribution is 2.27. The molecule has 7 heteroatoms. The van der Waals surface area contributed by atoms with E-state index >= 15 is 0 Å². The molecule has 114 valence electrons.